The third-order valence-electron chi connectivity index (χ3n) is 7.24. The van der Waals surface area contributed by atoms with Gasteiger partial charge in [0.1, 0.15) is 0 Å². The zero-order chi connectivity index (χ0) is 20.2. The Morgan fingerprint density at radius 2 is 1.72 bits per heavy atom. The molecule has 29 heavy (non-hydrogen) atoms. The fourth-order valence-electron chi connectivity index (χ4n) is 5.26. The molecule has 153 valence electrons. The molecule has 5 rings (SSSR count). The minimum Gasteiger partial charge on any atom is -0.367 e. The highest BCUT2D eigenvalue weighted by molar-refractivity contribution is 6.32. The monoisotopic (exact) mass is 395 g/mol. The number of hydrogen-bond donors (Lipinski definition) is 1. The van der Waals surface area contributed by atoms with Crippen molar-refractivity contribution in [1.82, 2.24) is 9.80 Å². The maximum absolute atomic E-state index is 13.0. The lowest BCUT2D eigenvalue weighted by Crippen LogP contribution is -2.55. The lowest BCUT2D eigenvalue weighted by molar-refractivity contribution is -0.134. The van der Waals surface area contributed by atoms with Crippen LogP contribution in [0.2, 0.25) is 0 Å². The van der Waals surface area contributed by atoms with Crippen LogP contribution < -0.4 is 10.6 Å². The minimum absolute atomic E-state index is 0.238. The average Bonchev–Trinajstić information content (AvgIpc) is 3.08. The number of amides is 4. The maximum Gasteiger partial charge on any atom is 0.332 e. The Morgan fingerprint density at radius 3 is 2.31 bits per heavy atom. The van der Waals surface area contributed by atoms with Crippen molar-refractivity contribution >= 4 is 23.5 Å². The molecular weight excluding hydrogens is 368 g/mol. The van der Waals surface area contributed by atoms with E-state index in [1.807, 2.05) is 24.3 Å². The van der Waals surface area contributed by atoms with E-state index in [1.54, 1.807) is 6.42 Å². The normalized spacial score (nSPS) is 28.3. The number of nitrogens with two attached hydrogens (primary N) is 1. The van der Waals surface area contributed by atoms with Crippen molar-refractivity contribution in [2.45, 2.75) is 49.5 Å². The van der Waals surface area contributed by atoms with Crippen LogP contribution in [0.25, 0.3) is 0 Å². The van der Waals surface area contributed by atoms with E-state index in [0.29, 0.717) is 18.7 Å². The second-order valence-electron chi connectivity index (χ2n) is 8.82. The van der Waals surface area contributed by atoms with E-state index in [-0.39, 0.29) is 5.41 Å². The van der Waals surface area contributed by atoms with Crippen LogP contribution in [-0.4, -0.2) is 59.4 Å². The van der Waals surface area contributed by atoms with Gasteiger partial charge in [0.15, 0.2) is 0 Å². The molecule has 4 amide bonds. The molecule has 1 atom stereocenters. The Hall–Kier alpha value is -2.41. The molecule has 0 unspecified atom stereocenters. The van der Waals surface area contributed by atoms with E-state index in [1.165, 1.54) is 49.2 Å². The van der Waals surface area contributed by atoms with Crippen molar-refractivity contribution < 1.29 is 14.4 Å². The number of primary amides is 1. The zero-order valence-corrected chi connectivity index (χ0v) is 16.6. The van der Waals surface area contributed by atoms with Gasteiger partial charge < -0.3 is 15.5 Å². The molecule has 3 saturated heterocycles. The van der Waals surface area contributed by atoms with Crippen molar-refractivity contribution in [3.63, 3.8) is 0 Å². The minimum atomic E-state index is -1.62. The second-order valence-corrected chi connectivity index (χ2v) is 8.82. The predicted octanol–water partition coefficient (Wildman–Crippen LogP) is 1.80. The number of nitrogens with zero attached hydrogens (tertiary/aromatic N) is 3. The van der Waals surface area contributed by atoms with Crippen molar-refractivity contribution in [3.05, 3.63) is 36.2 Å². The van der Waals surface area contributed by atoms with Crippen molar-refractivity contribution in [1.29, 1.82) is 0 Å². The van der Waals surface area contributed by atoms with E-state index >= 15 is 0 Å². The highest BCUT2D eigenvalue weighted by Crippen LogP contribution is 2.51. The second kappa shape index (κ2) is 6.55. The molecule has 1 aliphatic carbocycles. The van der Waals surface area contributed by atoms with Gasteiger partial charge in [0.25, 0.3) is 11.8 Å². The van der Waals surface area contributed by atoms with Crippen LogP contribution in [0.1, 0.15) is 44.1 Å². The molecule has 4 fully saturated rings. The molecule has 0 aromatic heterocycles. The molecule has 2 N–H and O–H groups in total. The van der Waals surface area contributed by atoms with Crippen LogP contribution in [0.5, 0.6) is 0 Å². The number of carbonyl (C=O) groups is 3. The molecule has 4 aliphatic rings. The molecule has 7 heteroatoms. The lowest BCUT2D eigenvalue weighted by Gasteiger charge is -2.23. The first-order chi connectivity index (χ1) is 14.0. The molecule has 1 aromatic carbocycles. The summed E-state index contributed by atoms with van der Waals surface area (Å²) in [6, 6.07) is 7.27. The summed E-state index contributed by atoms with van der Waals surface area (Å²) in [6.07, 6.45) is 8.21. The highest BCUT2D eigenvalue weighted by atomic mass is 16.2. The average molecular weight is 395 g/mol. The third-order valence-corrected chi connectivity index (χ3v) is 7.24. The first-order valence-electron chi connectivity index (χ1n) is 10.6. The zero-order valence-electron chi connectivity index (χ0n) is 16.6. The SMILES string of the molecule is NC(=O)[C@]12[CH]CCN1C(=O)N(c1ccc(C3(CCN4CCCC4)CC3)cc1)C2=O. The summed E-state index contributed by atoms with van der Waals surface area (Å²) < 4.78 is 0. The highest BCUT2D eigenvalue weighted by Gasteiger charge is 2.64. The Kier molecular flexibility index (Phi) is 4.21. The number of anilines is 1. The maximum atomic E-state index is 13.0. The Labute approximate surface area is 170 Å². The predicted molar refractivity (Wildman–Crippen MR) is 108 cm³/mol. The third kappa shape index (κ3) is 2.70. The lowest BCUT2D eigenvalue weighted by atomic mass is 9.91. The first kappa shape index (κ1) is 18.6. The molecule has 1 aromatic rings. The standard InChI is InChI=1S/C22H27N4O3/c23-18(27)22-8-3-14-25(22)20(29)26(19(22)28)17-6-4-16(5-7-17)21(9-10-21)11-15-24-12-1-2-13-24/h4-8H,1-3,9-15H2,(H2,23,27)/t22-/m0/s1. The van der Waals surface area contributed by atoms with E-state index in [9.17, 15) is 14.4 Å². The van der Waals surface area contributed by atoms with Gasteiger partial charge in [-0.05, 0) is 81.3 Å². The van der Waals surface area contributed by atoms with Gasteiger partial charge in [-0.1, -0.05) is 12.1 Å². The van der Waals surface area contributed by atoms with Crippen LogP contribution in [0, 0.1) is 6.42 Å². The molecule has 1 radical (unpaired) electrons. The van der Waals surface area contributed by atoms with Gasteiger partial charge in [-0.2, -0.15) is 0 Å². The summed E-state index contributed by atoms with van der Waals surface area (Å²) in [5.74, 6) is -1.35. The Morgan fingerprint density at radius 1 is 1.03 bits per heavy atom. The number of benzene rings is 1. The van der Waals surface area contributed by atoms with Crippen LogP contribution >= 0.6 is 0 Å². The van der Waals surface area contributed by atoms with Crippen molar-refractivity contribution in [2.75, 3.05) is 31.1 Å². The smallest absolute Gasteiger partial charge is 0.332 e. The van der Waals surface area contributed by atoms with Gasteiger partial charge >= 0.3 is 6.03 Å². The van der Waals surface area contributed by atoms with E-state index in [2.05, 4.69) is 4.90 Å². The fraction of sp³-hybridized carbons (Fsp3) is 0.545. The molecule has 0 bridgehead atoms. The van der Waals surface area contributed by atoms with Gasteiger partial charge in [-0.25, -0.2) is 9.69 Å². The number of urea groups is 1. The molecule has 1 saturated carbocycles. The summed E-state index contributed by atoms with van der Waals surface area (Å²) in [5, 5.41) is 0. The van der Waals surface area contributed by atoms with E-state index < -0.39 is 23.4 Å². The van der Waals surface area contributed by atoms with Gasteiger partial charge in [0.05, 0.1) is 5.69 Å². The summed E-state index contributed by atoms with van der Waals surface area (Å²) >= 11 is 0. The summed E-state index contributed by atoms with van der Waals surface area (Å²) in [6.45, 7) is 3.89. The van der Waals surface area contributed by atoms with Crippen molar-refractivity contribution in [3.8, 4) is 0 Å². The summed E-state index contributed by atoms with van der Waals surface area (Å²) in [7, 11) is 0. The molecule has 3 heterocycles. The van der Waals surface area contributed by atoms with Crippen LogP contribution in [0.3, 0.4) is 0 Å². The first-order valence-corrected chi connectivity index (χ1v) is 10.6. The summed E-state index contributed by atoms with van der Waals surface area (Å²) in [5.41, 5.74) is 5.92. The molecular formula is C22H27N4O3. The molecule has 7 nitrogen and oxygen atoms in total. The number of fused-ring (bicyclic) bond motifs is 1. The number of carbonyl (C=O) groups excluding carboxylic acids is 3. The van der Waals surface area contributed by atoms with Crippen LogP contribution in [0.4, 0.5) is 10.5 Å². The quantitative estimate of drug-likeness (QED) is 0.588. The topological polar surface area (TPSA) is 86.9 Å². The van der Waals surface area contributed by atoms with E-state index in [4.69, 9.17) is 5.73 Å². The largest absolute Gasteiger partial charge is 0.367 e. The fourth-order valence-corrected chi connectivity index (χ4v) is 5.26. The summed E-state index contributed by atoms with van der Waals surface area (Å²) in [4.78, 5) is 42.9. The number of rotatable bonds is 6. The van der Waals surface area contributed by atoms with Gasteiger partial charge in [0, 0.05) is 13.0 Å². The van der Waals surface area contributed by atoms with Gasteiger partial charge in [0.2, 0.25) is 5.54 Å². The number of hydrogen-bond acceptors (Lipinski definition) is 4. The Balaban J connectivity index is 1.35. The van der Waals surface area contributed by atoms with Crippen LogP contribution in [-0.2, 0) is 15.0 Å². The molecule has 3 aliphatic heterocycles. The molecule has 0 spiro atoms. The van der Waals surface area contributed by atoms with Crippen molar-refractivity contribution in [2.24, 2.45) is 5.73 Å². The Bertz CT molecular complexity index is 857. The van der Waals surface area contributed by atoms with Crippen LogP contribution in [0.15, 0.2) is 24.3 Å². The number of imide groups is 1. The van der Waals surface area contributed by atoms with E-state index in [0.717, 1.165) is 17.9 Å². The number of likely N-dealkylation sites (tertiary alicyclic amines) is 1. The van der Waals surface area contributed by atoms with Gasteiger partial charge in [-0.3, -0.25) is 9.59 Å². The van der Waals surface area contributed by atoms with Gasteiger partial charge in [-0.15, -0.1) is 0 Å².